The molecule has 1 heterocycles. The maximum atomic E-state index is 13.7. The van der Waals surface area contributed by atoms with Crippen LogP contribution in [0.1, 0.15) is 30.9 Å². The molecule has 1 aromatic heterocycles. The van der Waals surface area contributed by atoms with E-state index in [1.165, 1.54) is 15.4 Å². The highest BCUT2D eigenvalue weighted by Gasteiger charge is 2.24. The van der Waals surface area contributed by atoms with E-state index in [9.17, 15) is 9.18 Å². The quantitative estimate of drug-likeness (QED) is 0.868. The van der Waals surface area contributed by atoms with Crippen molar-refractivity contribution in [1.29, 1.82) is 0 Å². The summed E-state index contributed by atoms with van der Waals surface area (Å²) in [5.41, 5.74) is 0.130. The van der Waals surface area contributed by atoms with Crippen molar-refractivity contribution in [2.45, 2.75) is 31.8 Å². The first-order chi connectivity index (χ1) is 9.16. The predicted octanol–water partition coefficient (Wildman–Crippen LogP) is 2.11. The number of aromatic nitrogens is 4. The summed E-state index contributed by atoms with van der Waals surface area (Å²) in [7, 11) is 0. The lowest BCUT2D eigenvalue weighted by Crippen LogP contribution is -2.31. The van der Waals surface area contributed by atoms with Crippen molar-refractivity contribution in [3.63, 3.8) is 0 Å². The van der Waals surface area contributed by atoms with Crippen molar-refractivity contribution in [1.82, 2.24) is 19.8 Å². The van der Waals surface area contributed by atoms with E-state index in [1.807, 2.05) is 0 Å². The molecule has 0 amide bonds. The van der Waals surface area contributed by atoms with Crippen LogP contribution < -0.4 is 5.69 Å². The molecule has 19 heavy (non-hydrogen) atoms. The van der Waals surface area contributed by atoms with Crippen LogP contribution in [0, 0.1) is 5.82 Å². The largest absolute Gasteiger partial charge is 0.364 e. The second-order valence-corrected chi connectivity index (χ2v) is 5.50. The van der Waals surface area contributed by atoms with Gasteiger partial charge in [0.15, 0.2) is 0 Å². The summed E-state index contributed by atoms with van der Waals surface area (Å²) in [6.45, 7) is 0.0822. The molecule has 1 aliphatic rings. The number of benzene rings is 1. The van der Waals surface area contributed by atoms with Gasteiger partial charge in [-0.2, -0.15) is 9.36 Å². The van der Waals surface area contributed by atoms with Crippen molar-refractivity contribution in [3.8, 4) is 0 Å². The van der Waals surface area contributed by atoms with Crippen molar-refractivity contribution in [3.05, 3.63) is 44.5 Å². The van der Waals surface area contributed by atoms with Gasteiger partial charge < -0.3 is 0 Å². The Labute approximate surface area is 117 Å². The van der Waals surface area contributed by atoms with Gasteiger partial charge in [-0.15, -0.1) is 0 Å². The van der Waals surface area contributed by atoms with E-state index in [4.69, 9.17) is 0 Å². The molecule has 2 aromatic rings. The summed E-state index contributed by atoms with van der Waals surface area (Å²) in [4.78, 5) is 12.1. The Hall–Kier alpha value is -1.50. The molecule has 0 atom stereocenters. The zero-order valence-corrected chi connectivity index (χ0v) is 11.7. The van der Waals surface area contributed by atoms with E-state index in [2.05, 4.69) is 26.4 Å². The van der Waals surface area contributed by atoms with Crippen LogP contribution in [0.2, 0.25) is 0 Å². The molecule has 1 saturated carbocycles. The Morgan fingerprint density at radius 1 is 1.37 bits per heavy atom. The maximum Gasteiger partial charge on any atom is 0.364 e. The summed E-state index contributed by atoms with van der Waals surface area (Å²) in [5.74, 6) is -0.362. The Balaban J connectivity index is 1.91. The lowest BCUT2D eigenvalue weighted by atomic mass is 9.93. The fourth-order valence-corrected chi connectivity index (χ4v) is 2.55. The number of rotatable bonds is 3. The summed E-state index contributed by atoms with van der Waals surface area (Å²) in [6, 6.07) is 4.86. The van der Waals surface area contributed by atoms with Gasteiger partial charge >= 0.3 is 5.69 Å². The number of hydrogen-bond donors (Lipinski definition) is 0. The summed E-state index contributed by atoms with van der Waals surface area (Å²) in [6.07, 6.45) is 3.03. The van der Waals surface area contributed by atoms with E-state index in [-0.39, 0.29) is 24.1 Å². The Kier molecular flexibility index (Phi) is 3.22. The molecular weight excluding hydrogens is 315 g/mol. The van der Waals surface area contributed by atoms with Gasteiger partial charge in [0.2, 0.25) is 0 Å². The molecule has 0 spiro atoms. The van der Waals surface area contributed by atoms with Crippen LogP contribution in [0.5, 0.6) is 0 Å². The number of nitrogens with zero attached hydrogens (tertiary/aromatic N) is 4. The van der Waals surface area contributed by atoms with Gasteiger partial charge in [0.1, 0.15) is 5.82 Å². The molecule has 0 saturated heterocycles. The third-order valence-corrected chi connectivity index (χ3v) is 4.19. The van der Waals surface area contributed by atoms with E-state index < -0.39 is 0 Å². The Morgan fingerprint density at radius 2 is 2.16 bits per heavy atom. The van der Waals surface area contributed by atoms with Crippen LogP contribution in [-0.4, -0.2) is 19.8 Å². The van der Waals surface area contributed by atoms with Crippen LogP contribution in [0.25, 0.3) is 0 Å². The number of tetrazole rings is 1. The highest BCUT2D eigenvalue weighted by atomic mass is 79.9. The SMILES string of the molecule is O=c1n(Cc2c(F)cccc2Br)nnn1C1CCC1. The highest BCUT2D eigenvalue weighted by Crippen LogP contribution is 2.29. The van der Waals surface area contributed by atoms with Crippen molar-refractivity contribution < 1.29 is 4.39 Å². The topological polar surface area (TPSA) is 52.7 Å². The van der Waals surface area contributed by atoms with Gasteiger partial charge in [0.05, 0.1) is 12.6 Å². The predicted molar refractivity (Wildman–Crippen MR) is 70.4 cm³/mol. The van der Waals surface area contributed by atoms with Crippen molar-refractivity contribution in [2.75, 3.05) is 0 Å². The monoisotopic (exact) mass is 326 g/mol. The molecule has 7 heteroatoms. The van der Waals surface area contributed by atoms with E-state index >= 15 is 0 Å². The fourth-order valence-electron chi connectivity index (χ4n) is 2.08. The van der Waals surface area contributed by atoms with Gasteiger partial charge in [-0.05, 0) is 41.8 Å². The second-order valence-electron chi connectivity index (χ2n) is 4.65. The van der Waals surface area contributed by atoms with Gasteiger partial charge in [-0.25, -0.2) is 9.18 Å². The first-order valence-electron chi connectivity index (χ1n) is 6.12. The maximum absolute atomic E-state index is 13.7. The summed E-state index contributed by atoms with van der Waals surface area (Å²) >= 11 is 3.28. The van der Waals surface area contributed by atoms with Crippen LogP contribution in [0.3, 0.4) is 0 Å². The first-order valence-corrected chi connectivity index (χ1v) is 6.91. The zero-order valence-electron chi connectivity index (χ0n) is 10.1. The molecule has 0 radical (unpaired) electrons. The fraction of sp³-hybridized carbons (Fsp3) is 0.417. The van der Waals surface area contributed by atoms with Gasteiger partial charge in [0.25, 0.3) is 0 Å². The van der Waals surface area contributed by atoms with Crippen LogP contribution in [-0.2, 0) is 6.54 Å². The van der Waals surface area contributed by atoms with E-state index in [0.29, 0.717) is 10.0 Å². The summed E-state index contributed by atoms with van der Waals surface area (Å²) < 4.78 is 16.9. The average Bonchev–Trinajstić information content (AvgIpc) is 2.65. The minimum absolute atomic E-state index is 0.0822. The molecule has 0 N–H and O–H groups in total. The molecule has 3 rings (SSSR count). The van der Waals surface area contributed by atoms with Crippen LogP contribution in [0.15, 0.2) is 27.5 Å². The average molecular weight is 327 g/mol. The Morgan fingerprint density at radius 3 is 2.79 bits per heavy atom. The molecule has 0 aliphatic heterocycles. The van der Waals surface area contributed by atoms with E-state index in [1.54, 1.807) is 12.1 Å². The first kappa shape index (κ1) is 12.5. The minimum Gasteiger partial charge on any atom is -0.244 e. The lowest BCUT2D eigenvalue weighted by Gasteiger charge is -2.23. The smallest absolute Gasteiger partial charge is 0.244 e. The summed E-state index contributed by atoms with van der Waals surface area (Å²) in [5, 5.41) is 7.70. The minimum atomic E-state index is -0.362. The van der Waals surface area contributed by atoms with Crippen molar-refractivity contribution in [2.24, 2.45) is 0 Å². The number of halogens is 2. The molecule has 1 aromatic carbocycles. The third-order valence-electron chi connectivity index (χ3n) is 3.45. The molecule has 100 valence electrons. The third kappa shape index (κ3) is 2.22. The van der Waals surface area contributed by atoms with Crippen LogP contribution >= 0.6 is 15.9 Å². The molecule has 0 bridgehead atoms. The molecule has 0 unspecified atom stereocenters. The van der Waals surface area contributed by atoms with Gasteiger partial charge in [-0.1, -0.05) is 22.0 Å². The highest BCUT2D eigenvalue weighted by molar-refractivity contribution is 9.10. The lowest BCUT2D eigenvalue weighted by molar-refractivity contribution is 0.277. The number of hydrogen-bond acceptors (Lipinski definition) is 3. The zero-order chi connectivity index (χ0) is 13.4. The van der Waals surface area contributed by atoms with Crippen molar-refractivity contribution >= 4 is 15.9 Å². The normalized spacial score (nSPS) is 15.5. The van der Waals surface area contributed by atoms with Gasteiger partial charge in [-0.3, -0.25) is 0 Å². The van der Waals surface area contributed by atoms with Crippen LogP contribution in [0.4, 0.5) is 4.39 Å². The molecule has 5 nitrogen and oxygen atoms in total. The van der Waals surface area contributed by atoms with E-state index in [0.717, 1.165) is 19.3 Å². The van der Waals surface area contributed by atoms with Gasteiger partial charge in [0, 0.05) is 10.0 Å². The second kappa shape index (κ2) is 4.88. The molecule has 1 fully saturated rings. The molecule has 1 aliphatic carbocycles. The molecular formula is C12H12BrFN4O. The Bertz CT molecular complexity index is 642. The standard InChI is InChI=1S/C12H12BrFN4O/c13-10-5-2-6-11(14)9(10)7-17-12(19)18(16-15-17)8-3-1-4-8/h2,5-6,8H,1,3-4,7H2.